The van der Waals surface area contributed by atoms with E-state index in [0.717, 1.165) is 36.6 Å². The van der Waals surface area contributed by atoms with E-state index in [-0.39, 0.29) is 32.7 Å². The summed E-state index contributed by atoms with van der Waals surface area (Å²) >= 11 is -0.459. The monoisotopic (exact) mass is 363 g/mol. The van der Waals surface area contributed by atoms with E-state index in [1.165, 1.54) is 11.5 Å². The van der Waals surface area contributed by atoms with Gasteiger partial charge in [0.05, 0.1) is 0 Å². The number of hydrogen-bond donors (Lipinski definition) is 1. The largest absolute Gasteiger partial charge is 0.773 e. The first-order valence-corrected chi connectivity index (χ1v) is 7.23. The molecule has 0 saturated heterocycles. The Kier molecular flexibility index (Phi) is 10.0. The van der Waals surface area contributed by atoms with Crippen LogP contribution in [0.2, 0.25) is 0 Å². The number of fused-ring (bicyclic) bond motifs is 1. The van der Waals surface area contributed by atoms with Crippen LogP contribution in [-0.2, 0) is 43.8 Å². The summed E-state index contributed by atoms with van der Waals surface area (Å²) in [6, 6.07) is 0. The van der Waals surface area contributed by atoms with E-state index in [9.17, 15) is 0 Å². The van der Waals surface area contributed by atoms with Crippen LogP contribution >= 0.6 is 11.5 Å². The van der Waals surface area contributed by atoms with Gasteiger partial charge in [0.25, 0.3) is 0 Å². The quantitative estimate of drug-likeness (QED) is 0.503. The summed E-state index contributed by atoms with van der Waals surface area (Å²) in [5, 5.41) is 3.24. The number of hydrogen-bond acceptors (Lipinski definition) is 6. The number of imidazole rings is 1. The van der Waals surface area contributed by atoms with Crippen molar-refractivity contribution in [2.24, 2.45) is 0 Å². The summed E-state index contributed by atoms with van der Waals surface area (Å²) in [5.74, 6) is 0.881. The molecule has 1 atom stereocenters. The van der Waals surface area contributed by atoms with Gasteiger partial charge >= 0.3 is 0 Å². The minimum atomic E-state index is -1.86. The van der Waals surface area contributed by atoms with E-state index in [2.05, 4.69) is 21.6 Å². The average molecular weight is 363 g/mol. The molecule has 0 saturated carbocycles. The van der Waals surface area contributed by atoms with Gasteiger partial charge in [0.1, 0.15) is 0 Å². The number of aromatic nitrogens is 3. The van der Waals surface area contributed by atoms with E-state index in [1.807, 2.05) is 10.6 Å². The summed E-state index contributed by atoms with van der Waals surface area (Å²) in [4.78, 5) is 5.06. The van der Waals surface area contributed by atoms with Gasteiger partial charge < -0.3 is 16.8 Å². The Bertz CT molecular complexity index is 470. The second kappa shape index (κ2) is 9.97. The van der Waals surface area contributed by atoms with E-state index < -0.39 is 11.1 Å². The molecule has 6 nitrogen and oxygen atoms in total. The first-order valence-electron chi connectivity index (χ1n) is 4.98. The fourth-order valence-electron chi connectivity index (χ4n) is 1.09. The van der Waals surface area contributed by atoms with Crippen molar-refractivity contribution in [2.45, 2.75) is 12.8 Å². The average Bonchev–Trinajstić information content (AvgIpc) is 2.81. The Hall–Kier alpha value is 0.114. The van der Waals surface area contributed by atoms with Crippen molar-refractivity contribution in [1.82, 2.24) is 13.8 Å². The van der Waals surface area contributed by atoms with Crippen molar-refractivity contribution in [3.63, 3.8) is 0 Å². The molecule has 0 amide bonds. The van der Waals surface area contributed by atoms with Gasteiger partial charge in [0, 0.05) is 63.2 Å². The van der Waals surface area contributed by atoms with Crippen LogP contribution in [0.5, 0.6) is 0 Å². The van der Waals surface area contributed by atoms with Crippen molar-refractivity contribution < 1.29 is 41.5 Å². The number of nitrogens with zero attached hydrogens (tertiary/aromatic N) is 3. The minimum Gasteiger partial charge on any atom is -0.773 e. The van der Waals surface area contributed by atoms with Crippen LogP contribution in [0.4, 0.5) is 5.95 Å². The predicted molar refractivity (Wildman–Crippen MR) is 68.8 cm³/mol. The number of unbranched alkanes of at least 4 members (excludes halogenated alkanes) is 1. The summed E-state index contributed by atoms with van der Waals surface area (Å²) < 4.78 is 24.2. The maximum Gasteiger partial charge on any atom is 0.220 e. The molecule has 0 aliphatic rings. The summed E-state index contributed by atoms with van der Waals surface area (Å²) in [5.41, 5.74) is 0. The maximum absolute atomic E-state index is 9.00. The molecule has 99 valence electrons. The van der Waals surface area contributed by atoms with Crippen LogP contribution < -0.4 is 5.32 Å². The van der Waals surface area contributed by atoms with Crippen molar-refractivity contribution in [2.75, 3.05) is 18.1 Å². The Morgan fingerprint density at radius 3 is 2.94 bits per heavy atom. The normalized spacial score (nSPS) is 11.3. The molecule has 18 heavy (non-hydrogen) atoms. The smallest absolute Gasteiger partial charge is 0.220 e. The van der Waals surface area contributed by atoms with Crippen LogP contribution in [0.3, 0.4) is 0 Å². The zero-order valence-electron chi connectivity index (χ0n) is 10.0. The molecule has 0 bridgehead atoms. The zero-order valence-corrected chi connectivity index (χ0v) is 14.5. The van der Waals surface area contributed by atoms with E-state index in [4.69, 9.17) is 8.76 Å². The molecule has 1 N–H and O–H groups in total. The first kappa shape index (κ1) is 18.1. The Labute approximate surface area is 138 Å². The van der Waals surface area contributed by atoms with Gasteiger partial charge in [-0.05, 0) is 6.26 Å². The van der Waals surface area contributed by atoms with Crippen LogP contribution in [0.25, 0.3) is 4.96 Å². The van der Waals surface area contributed by atoms with E-state index >= 15 is 0 Å². The molecule has 2 aromatic rings. The molecule has 2 rings (SSSR count). The van der Waals surface area contributed by atoms with Crippen molar-refractivity contribution in [3.8, 4) is 0 Å². The molecule has 0 aliphatic carbocycles. The summed E-state index contributed by atoms with van der Waals surface area (Å²) in [6.45, 7) is 4.70. The van der Waals surface area contributed by atoms with Gasteiger partial charge in [0.15, 0.2) is 0 Å². The van der Waals surface area contributed by atoms with Crippen LogP contribution in [-0.4, -0.2) is 35.3 Å². The Balaban J connectivity index is 0.000000512. The van der Waals surface area contributed by atoms with Gasteiger partial charge in [-0.15, -0.1) is 0 Å². The molecule has 2 aromatic heterocycles. The van der Waals surface area contributed by atoms with Crippen molar-refractivity contribution in [3.05, 3.63) is 19.3 Å². The van der Waals surface area contributed by atoms with Crippen LogP contribution in [0.15, 0.2) is 12.4 Å². The van der Waals surface area contributed by atoms with Gasteiger partial charge in [-0.3, -0.25) is 8.61 Å². The SMILES string of the molecule is CS(=O)[O-].[CH2-]CCCNc1nsc2nccn12.[Y]. The third-order valence-corrected chi connectivity index (χ3v) is 2.49. The fraction of sp³-hybridized carbons (Fsp3) is 0.444. The standard InChI is InChI=1S/C8H11N4S.CH4O2S.Y/c1-2-3-4-9-7-11-13-8-10-5-6-12(7)8;1-4(2)3;/h5-6H,1-4H2,(H,9,11);1H3,(H,2,3);/q-1;;/p-1. The molecule has 1 unspecified atom stereocenters. The second-order valence-electron chi connectivity index (χ2n) is 3.12. The van der Waals surface area contributed by atoms with Gasteiger partial charge in [-0.1, -0.05) is 17.5 Å². The minimum absolute atomic E-state index is 0. The summed E-state index contributed by atoms with van der Waals surface area (Å²) in [6.07, 6.45) is 6.78. The van der Waals surface area contributed by atoms with Crippen LogP contribution in [0, 0.1) is 6.92 Å². The van der Waals surface area contributed by atoms with E-state index in [1.54, 1.807) is 6.20 Å². The molecule has 0 aromatic carbocycles. The molecule has 0 fully saturated rings. The van der Waals surface area contributed by atoms with Crippen molar-refractivity contribution >= 4 is 33.5 Å². The number of nitrogens with one attached hydrogen (secondary N) is 1. The molecule has 9 heteroatoms. The molecule has 1 radical (unpaired) electrons. The van der Waals surface area contributed by atoms with Gasteiger partial charge in [-0.25, -0.2) is 4.98 Å². The van der Waals surface area contributed by atoms with Crippen LogP contribution in [0.1, 0.15) is 12.8 Å². The number of rotatable bonds is 4. The first-order chi connectivity index (χ1) is 8.15. The fourth-order valence-corrected chi connectivity index (χ4v) is 1.75. The molecular weight excluding hydrogens is 349 g/mol. The molecule has 0 spiro atoms. The van der Waals surface area contributed by atoms with Crippen molar-refractivity contribution in [1.29, 1.82) is 0 Å². The Morgan fingerprint density at radius 2 is 2.33 bits per heavy atom. The molecule has 0 aliphatic heterocycles. The predicted octanol–water partition coefficient (Wildman–Crippen LogP) is 1.31. The summed E-state index contributed by atoms with van der Waals surface area (Å²) in [7, 11) is 0. The third-order valence-electron chi connectivity index (χ3n) is 1.76. The van der Waals surface area contributed by atoms with E-state index in [0.29, 0.717) is 0 Å². The third kappa shape index (κ3) is 6.33. The number of anilines is 1. The van der Waals surface area contributed by atoms with Gasteiger partial charge in [0.2, 0.25) is 10.9 Å². The zero-order chi connectivity index (χ0) is 12.7. The molecule has 2 heterocycles. The second-order valence-corrected chi connectivity index (χ2v) is 4.65. The maximum atomic E-state index is 9.00. The topological polar surface area (TPSA) is 82.3 Å². The molecular formula is C9H14N4O2S2Y-2. The Morgan fingerprint density at radius 1 is 1.67 bits per heavy atom. The van der Waals surface area contributed by atoms with Gasteiger partial charge in [-0.2, -0.15) is 10.8 Å².